The maximum atomic E-state index is 14.4. The Hall–Kier alpha value is -7.42. The Balaban J connectivity index is 1.09. The van der Waals surface area contributed by atoms with Gasteiger partial charge in [-0.1, -0.05) is 97.1 Å². The molecule has 10 aromatic rings. The fraction of sp³-hybridized carbons (Fsp3) is 0.0952. The van der Waals surface area contributed by atoms with E-state index >= 15 is 0 Å². The van der Waals surface area contributed by atoms with Crippen LogP contribution in [0.25, 0.3) is 77.2 Å². The Morgan fingerprint density at radius 1 is 0.536 bits per heavy atom. The van der Waals surface area contributed by atoms with Crippen molar-refractivity contribution in [3.8, 4) is 22.8 Å². The van der Waals surface area contributed by atoms with Crippen LogP contribution in [-0.2, 0) is 10.8 Å². The second-order valence-electron chi connectivity index (χ2n) is 14.6. The van der Waals surface area contributed by atoms with Crippen molar-refractivity contribution < 1.29 is 30.0 Å². The van der Waals surface area contributed by atoms with E-state index in [0.29, 0.717) is 11.1 Å². The number of carbonyl (C=O) groups is 2. The summed E-state index contributed by atoms with van der Waals surface area (Å²) in [5.41, 5.74) is -3.39. The molecule has 0 saturated heterocycles. The summed E-state index contributed by atoms with van der Waals surface area (Å²) < 4.78 is 2.82. The number of rotatable bonds is 6. The number of benzene rings is 6. The summed E-state index contributed by atoms with van der Waals surface area (Å²) in [6.07, 6.45) is -3.44. The summed E-state index contributed by atoms with van der Waals surface area (Å²) in [7, 11) is 0. The highest BCUT2D eigenvalue weighted by Gasteiger charge is 2.91. The first-order valence-corrected chi connectivity index (χ1v) is 17.8. The van der Waals surface area contributed by atoms with Crippen LogP contribution in [0.15, 0.2) is 109 Å². The van der Waals surface area contributed by atoms with Crippen molar-refractivity contribution in [3.05, 3.63) is 132 Å². The number of H-pyrrole nitrogens is 2. The molecule has 14 heteroatoms. The van der Waals surface area contributed by atoms with E-state index in [0.717, 1.165) is 43.1 Å². The van der Waals surface area contributed by atoms with Crippen LogP contribution in [0.4, 0.5) is 0 Å². The third-order valence-corrected chi connectivity index (χ3v) is 12.1. The van der Waals surface area contributed by atoms with E-state index in [1.807, 2.05) is 97.1 Å². The molecule has 0 spiro atoms. The maximum Gasteiger partial charge on any atom is 0.354 e. The standard InChI is InChI=1S/C42H24N8O6/c51-37(52)31-29(35-45-43-33(49(35)47-31)27-23-13-5-1-9-19(23)17-20-10-2-6-14-24(20)27)41-39(55)42(41,40(41)56)30-32(38(53)54)48-50-34(44-46-36(30)50)28-25-15-7-3-11-21(25)18-22-12-4-8-16-26(22)28/h1-18,39-40,47-48H,(H,51,52)(H,53,54)/q-2. The van der Waals surface area contributed by atoms with E-state index < -0.39 is 46.4 Å². The van der Waals surface area contributed by atoms with Crippen molar-refractivity contribution in [1.82, 2.24) is 39.6 Å². The van der Waals surface area contributed by atoms with Crippen LogP contribution in [0, 0.1) is 0 Å². The van der Waals surface area contributed by atoms with Gasteiger partial charge in [-0.05, 0) is 66.1 Å². The van der Waals surface area contributed by atoms with Crippen molar-refractivity contribution in [2.75, 3.05) is 0 Å². The second-order valence-corrected chi connectivity index (χ2v) is 14.6. The van der Waals surface area contributed by atoms with Crippen molar-refractivity contribution in [3.63, 3.8) is 0 Å². The molecule has 0 amide bonds. The number of carboxylic acid groups (broad SMARTS) is 2. The Morgan fingerprint density at radius 3 is 1.18 bits per heavy atom. The average molecular weight is 737 g/mol. The second kappa shape index (κ2) is 10.2. The SMILES string of the molecule is O=C(O)c1[nH]n2c(-c3c4ccccc4cc4ccccc34)nnc2c1C12C([O-])C1(c1c(C(=O)O)[nH]n3c(-c4c5ccccc5cc5ccccc45)nnc13)C2[O-]. The largest absolute Gasteiger partial charge is 0.851 e. The maximum absolute atomic E-state index is 14.4. The van der Waals surface area contributed by atoms with Crippen LogP contribution in [0.3, 0.4) is 0 Å². The summed E-state index contributed by atoms with van der Waals surface area (Å²) >= 11 is 0. The van der Waals surface area contributed by atoms with E-state index in [4.69, 9.17) is 0 Å². The number of aromatic nitrogens is 8. The summed E-state index contributed by atoms with van der Waals surface area (Å²) in [6, 6.07) is 35.0. The number of fused-ring (bicyclic) bond motifs is 7. The lowest BCUT2D eigenvalue weighted by molar-refractivity contribution is -0.467. The monoisotopic (exact) mass is 736 g/mol. The van der Waals surface area contributed by atoms with E-state index in [2.05, 4.69) is 42.7 Å². The van der Waals surface area contributed by atoms with Crippen LogP contribution in [-0.4, -0.2) is 74.0 Å². The molecule has 2 aliphatic rings. The summed E-state index contributed by atoms with van der Waals surface area (Å²) in [4.78, 5) is 26.0. The van der Waals surface area contributed by atoms with Gasteiger partial charge in [-0.25, -0.2) is 18.6 Å². The summed E-state index contributed by atoms with van der Waals surface area (Å²) in [5, 5.41) is 80.8. The smallest absolute Gasteiger partial charge is 0.354 e. The first-order valence-electron chi connectivity index (χ1n) is 17.8. The lowest BCUT2D eigenvalue weighted by Gasteiger charge is -2.30. The molecule has 0 atom stereocenters. The van der Waals surface area contributed by atoms with Crippen LogP contribution in [0.5, 0.6) is 0 Å². The predicted molar refractivity (Wildman–Crippen MR) is 200 cm³/mol. The minimum Gasteiger partial charge on any atom is -0.851 e. The molecular formula is C42H24N8O6-2. The average Bonchev–Trinajstić information content (AvgIpc) is 3.59. The molecule has 0 bridgehead atoms. The highest BCUT2D eigenvalue weighted by atomic mass is 16.4. The molecule has 4 heterocycles. The quantitative estimate of drug-likeness (QED) is 0.176. The van der Waals surface area contributed by atoms with Gasteiger partial charge >= 0.3 is 11.9 Å². The molecule has 14 nitrogen and oxygen atoms in total. The van der Waals surface area contributed by atoms with Gasteiger partial charge in [0.15, 0.2) is 22.9 Å². The lowest BCUT2D eigenvalue weighted by atomic mass is 9.96. The predicted octanol–water partition coefficient (Wildman–Crippen LogP) is 4.43. The first kappa shape index (κ1) is 31.0. The Labute approximate surface area is 312 Å². The number of aromatic amines is 2. The molecular weight excluding hydrogens is 713 g/mol. The van der Waals surface area contributed by atoms with Gasteiger partial charge in [0, 0.05) is 22.3 Å². The zero-order valence-electron chi connectivity index (χ0n) is 28.8. The van der Waals surface area contributed by atoms with Gasteiger partial charge < -0.3 is 20.4 Å². The van der Waals surface area contributed by atoms with Gasteiger partial charge in [0.1, 0.15) is 11.4 Å². The summed E-state index contributed by atoms with van der Waals surface area (Å²) in [5.74, 6) is -2.25. The van der Waals surface area contributed by atoms with Gasteiger partial charge in [0.05, 0.1) is 0 Å². The normalized spacial score (nSPS) is 21.5. The van der Waals surface area contributed by atoms with Crippen LogP contribution < -0.4 is 10.2 Å². The molecule has 2 fully saturated rings. The molecule has 270 valence electrons. The van der Waals surface area contributed by atoms with E-state index in [1.165, 1.54) is 9.03 Å². The molecule has 4 aromatic heterocycles. The molecule has 0 aliphatic heterocycles. The van der Waals surface area contributed by atoms with Crippen molar-refractivity contribution >= 4 is 66.3 Å². The van der Waals surface area contributed by atoms with E-state index in [-0.39, 0.29) is 34.1 Å². The van der Waals surface area contributed by atoms with E-state index in [9.17, 15) is 30.0 Å². The Morgan fingerprint density at radius 2 is 0.857 bits per heavy atom. The topological polar surface area (TPSA) is 213 Å². The fourth-order valence-corrected chi connectivity index (χ4v) is 9.67. The summed E-state index contributed by atoms with van der Waals surface area (Å²) in [6.45, 7) is 0. The van der Waals surface area contributed by atoms with Gasteiger partial charge in [-0.3, -0.25) is 10.2 Å². The molecule has 6 aromatic carbocycles. The third-order valence-electron chi connectivity index (χ3n) is 12.1. The highest BCUT2D eigenvalue weighted by molar-refractivity contribution is 6.13. The van der Waals surface area contributed by atoms with Crippen LogP contribution in [0.1, 0.15) is 32.1 Å². The minimum atomic E-state index is -1.88. The zero-order chi connectivity index (χ0) is 37.8. The van der Waals surface area contributed by atoms with Gasteiger partial charge in [-0.2, -0.15) is 0 Å². The molecule has 4 N–H and O–H groups in total. The number of hydrogen-bond acceptors (Lipinski definition) is 8. The van der Waals surface area contributed by atoms with Crippen molar-refractivity contribution in [2.24, 2.45) is 0 Å². The van der Waals surface area contributed by atoms with E-state index in [1.54, 1.807) is 0 Å². The van der Waals surface area contributed by atoms with Gasteiger partial charge in [0.25, 0.3) is 0 Å². The lowest BCUT2D eigenvalue weighted by Crippen LogP contribution is -2.43. The first-order chi connectivity index (χ1) is 27.3. The fourth-order valence-electron chi connectivity index (χ4n) is 9.67. The number of nitrogens with zero attached hydrogens (tertiary/aromatic N) is 6. The van der Waals surface area contributed by atoms with Crippen LogP contribution >= 0.6 is 0 Å². The van der Waals surface area contributed by atoms with Crippen LogP contribution in [0.2, 0.25) is 0 Å². The Bertz CT molecular complexity index is 3070. The molecule has 2 saturated carbocycles. The Kier molecular flexibility index (Phi) is 5.65. The molecule has 2 aliphatic carbocycles. The van der Waals surface area contributed by atoms with Gasteiger partial charge in [-0.15, -0.1) is 32.6 Å². The number of aromatic carboxylic acids is 2. The third kappa shape index (κ3) is 3.45. The minimum absolute atomic E-state index is 0.00306. The number of nitrogens with one attached hydrogen (secondary N) is 2. The highest BCUT2D eigenvalue weighted by Crippen LogP contribution is 2.84. The number of carboxylic acids is 2. The molecule has 0 radical (unpaired) electrons. The molecule has 0 unspecified atom stereocenters. The molecule has 56 heavy (non-hydrogen) atoms. The van der Waals surface area contributed by atoms with Gasteiger partial charge in [0.2, 0.25) is 0 Å². The van der Waals surface area contributed by atoms with Crippen molar-refractivity contribution in [2.45, 2.75) is 23.0 Å². The molecule has 12 rings (SSSR count). The zero-order valence-corrected chi connectivity index (χ0v) is 28.8. The van der Waals surface area contributed by atoms with Crippen molar-refractivity contribution in [1.29, 1.82) is 0 Å². The number of hydrogen-bond donors (Lipinski definition) is 4.